The van der Waals surface area contributed by atoms with Gasteiger partial charge in [-0.25, -0.2) is 18.6 Å². The van der Waals surface area contributed by atoms with Crippen LogP contribution >= 0.6 is 0 Å². The molecule has 1 heterocycles. The number of benzene rings is 2. The van der Waals surface area contributed by atoms with Crippen molar-refractivity contribution in [1.29, 1.82) is 0 Å². The Morgan fingerprint density at radius 2 is 2.00 bits per heavy atom. The molecule has 0 unspecified atom stereocenters. The summed E-state index contributed by atoms with van der Waals surface area (Å²) in [5, 5.41) is 9.05. The molecule has 4 nitrogen and oxygen atoms in total. The highest BCUT2D eigenvalue weighted by Crippen LogP contribution is 2.15. The number of hydrogen-bond donors (Lipinski definition) is 1. The van der Waals surface area contributed by atoms with E-state index in [0.717, 1.165) is 11.6 Å². The van der Waals surface area contributed by atoms with E-state index in [1.54, 1.807) is 24.5 Å². The fourth-order valence-electron chi connectivity index (χ4n) is 2.49. The van der Waals surface area contributed by atoms with Crippen LogP contribution < -0.4 is 0 Å². The number of rotatable bonds is 5. The topological polar surface area (TPSA) is 55.1 Å². The van der Waals surface area contributed by atoms with Gasteiger partial charge in [-0.3, -0.25) is 0 Å². The van der Waals surface area contributed by atoms with Gasteiger partial charge in [-0.05, 0) is 29.3 Å². The molecule has 0 aliphatic heterocycles. The maximum Gasteiger partial charge on any atom is 0.335 e. The molecule has 24 heavy (non-hydrogen) atoms. The highest BCUT2D eigenvalue weighted by Gasteiger charge is 2.10. The van der Waals surface area contributed by atoms with Crippen molar-refractivity contribution in [3.05, 3.63) is 89.0 Å². The quantitative estimate of drug-likeness (QED) is 0.780. The molecule has 0 atom stereocenters. The van der Waals surface area contributed by atoms with Crippen molar-refractivity contribution < 1.29 is 18.7 Å². The number of carbonyl (C=O) groups is 1. The van der Waals surface area contributed by atoms with Crippen molar-refractivity contribution in [2.75, 3.05) is 0 Å². The normalized spacial score (nSPS) is 10.8. The van der Waals surface area contributed by atoms with E-state index >= 15 is 0 Å². The van der Waals surface area contributed by atoms with Crippen LogP contribution in [0.2, 0.25) is 0 Å². The molecule has 0 saturated carbocycles. The van der Waals surface area contributed by atoms with Crippen LogP contribution in [0, 0.1) is 11.6 Å². The van der Waals surface area contributed by atoms with E-state index in [9.17, 15) is 13.6 Å². The molecule has 0 amide bonds. The van der Waals surface area contributed by atoms with Gasteiger partial charge in [0.2, 0.25) is 0 Å². The molecule has 1 aromatic heterocycles. The second-order valence-electron chi connectivity index (χ2n) is 5.39. The predicted octanol–water partition coefficient (Wildman–Crippen LogP) is 3.50. The Labute approximate surface area is 137 Å². The van der Waals surface area contributed by atoms with Crippen molar-refractivity contribution in [2.24, 2.45) is 0 Å². The van der Waals surface area contributed by atoms with Crippen molar-refractivity contribution in [3.8, 4) is 0 Å². The van der Waals surface area contributed by atoms with Crippen LogP contribution in [0.3, 0.4) is 0 Å². The lowest BCUT2D eigenvalue weighted by molar-refractivity contribution is 0.0696. The van der Waals surface area contributed by atoms with Gasteiger partial charge in [0.25, 0.3) is 0 Å². The molecule has 3 aromatic rings. The van der Waals surface area contributed by atoms with E-state index < -0.39 is 17.6 Å². The highest BCUT2D eigenvalue weighted by atomic mass is 19.1. The summed E-state index contributed by atoms with van der Waals surface area (Å²) in [6.07, 6.45) is 3.56. The van der Waals surface area contributed by atoms with Gasteiger partial charge in [-0.2, -0.15) is 0 Å². The minimum Gasteiger partial charge on any atom is -0.478 e. The number of nitrogens with zero attached hydrogens (tertiary/aromatic N) is 2. The third-order valence-electron chi connectivity index (χ3n) is 3.69. The minimum atomic E-state index is -0.990. The van der Waals surface area contributed by atoms with E-state index in [0.29, 0.717) is 17.9 Å². The van der Waals surface area contributed by atoms with Gasteiger partial charge in [0.1, 0.15) is 17.5 Å². The van der Waals surface area contributed by atoms with Gasteiger partial charge in [0.15, 0.2) is 0 Å². The number of carboxylic acid groups (broad SMARTS) is 1. The average Bonchev–Trinajstić information content (AvgIpc) is 2.97. The van der Waals surface area contributed by atoms with Gasteiger partial charge in [0, 0.05) is 31.4 Å². The fourth-order valence-corrected chi connectivity index (χ4v) is 2.49. The van der Waals surface area contributed by atoms with E-state index in [4.69, 9.17) is 5.11 Å². The molecular weight excluding hydrogens is 314 g/mol. The Kier molecular flexibility index (Phi) is 4.37. The van der Waals surface area contributed by atoms with Crippen LogP contribution in [0.25, 0.3) is 0 Å². The third kappa shape index (κ3) is 3.48. The number of hydrogen-bond acceptors (Lipinski definition) is 2. The van der Waals surface area contributed by atoms with Gasteiger partial charge in [0.05, 0.1) is 5.56 Å². The van der Waals surface area contributed by atoms with Crippen molar-refractivity contribution in [2.45, 2.75) is 13.0 Å². The van der Waals surface area contributed by atoms with Gasteiger partial charge < -0.3 is 9.67 Å². The number of aromatic carboxylic acids is 1. The van der Waals surface area contributed by atoms with E-state index in [1.165, 1.54) is 18.2 Å². The molecule has 0 saturated heterocycles. The number of aromatic nitrogens is 2. The summed E-state index contributed by atoms with van der Waals surface area (Å²) in [6.45, 7) is 0.416. The Bertz CT molecular complexity index is 890. The van der Waals surface area contributed by atoms with E-state index in [2.05, 4.69) is 4.98 Å². The van der Waals surface area contributed by atoms with Crippen LogP contribution in [-0.4, -0.2) is 20.6 Å². The first-order valence-corrected chi connectivity index (χ1v) is 7.29. The van der Waals surface area contributed by atoms with Gasteiger partial charge >= 0.3 is 5.97 Å². The van der Waals surface area contributed by atoms with E-state index in [-0.39, 0.29) is 12.0 Å². The average molecular weight is 328 g/mol. The first-order valence-electron chi connectivity index (χ1n) is 7.29. The second kappa shape index (κ2) is 6.62. The zero-order valence-electron chi connectivity index (χ0n) is 12.6. The van der Waals surface area contributed by atoms with Gasteiger partial charge in [-0.1, -0.05) is 18.2 Å². The molecule has 0 aliphatic rings. The van der Waals surface area contributed by atoms with Crippen LogP contribution in [0.15, 0.2) is 54.9 Å². The SMILES string of the molecule is O=C(O)c1cccc(Cn2ccnc2Cc2ccc(F)cc2F)c1. The molecule has 122 valence electrons. The lowest BCUT2D eigenvalue weighted by atomic mass is 10.1. The van der Waals surface area contributed by atoms with Crippen LogP contribution in [0.4, 0.5) is 8.78 Å². The Balaban J connectivity index is 1.83. The Morgan fingerprint density at radius 1 is 1.17 bits per heavy atom. The summed E-state index contributed by atoms with van der Waals surface area (Å²) >= 11 is 0. The molecule has 0 fully saturated rings. The summed E-state index contributed by atoms with van der Waals surface area (Å²) in [5.41, 5.74) is 1.36. The zero-order valence-corrected chi connectivity index (χ0v) is 12.6. The van der Waals surface area contributed by atoms with Gasteiger partial charge in [-0.15, -0.1) is 0 Å². The molecule has 1 N–H and O–H groups in total. The van der Waals surface area contributed by atoms with Crippen molar-refractivity contribution in [3.63, 3.8) is 0 Å². The molecular formula is C18H14F2N2O2. The molecule has 6 heteroatoms. The smallest absolute Gasteiger partial charge is 0.335 e. The second-order valence-corrected chi connectivity index (χ2v) is 5.39. The standard InChI is InChI=1S/C18H14F2N2O2/c19-15-5-4-13(16(20)10-15)9-17-21-6-7-22(17)11-12-2-1-3-14(8-12)18(23)24/h1-8,10H,9,11H2,(H,23,24). The maximum atomic E-state index is 13.8. The number of imidazole rings is 1. The molecule has 3 rings (SSSR count). The predicted molar refractivity (Wildman–Crippen MR) is 83.9 cm³/mol. The molecule has 0 bridgehead atoms. The summed E-state index contributed by atoms with van der Waals surface area (Å²) in [7, 11) is 0. The number of carboxylic acids is 1. The monoisotopic (exact) mass is 328 g/mol. The largest absolute Gasteiger partial charge is 0.478 e. The number of halogens is 2. The molecule has 0 radical (unpaired) electrons. The first kappa shape index (κ1) is 15.9. The van der Waals surface area contributed by atoms with E-state index in [1.807, 2.05) is 10.6 Å². The maximum absolute atomic E-state index is 13.8. The molecule has 0 spiro atoms. The first-order chi connectivity index (χ1) is 11.5. The fraction of sp³-hybridized carbons (Fsp3) is 0.111. The lowest BCUT2D eigenvalue weighted by Gasteiger charge is -2.09. The highest BCUT2D eigenvalue weighted by molar-refractivity contribution is 5.87. The summed E-state index contributed by atoms with van der Waals surface area (Å²) < 4.78 is 28.6. The molecule has 2 aromatic carbocycles. The van der Waals surface area contributed by atoms with Crippen LogP contribution in [0.1, 0.15) is 27.3 Å². The van der Waals surface area contributed by atoms with Crippen LogP contribution in [0.5, 0.6) is 0 Å². The van der Waals surface area contributed by atoms with Crippen molar-refractivity contribution >= 4 is 5.97 Å². The zero-order chi connectivity index (χ0) is 17.1. The molecule has 0 aliphatic carbocycles. The third-order valence-corrected chi connectivity index (χ3v) is 3.69. The van der Waals surface area contributed by atoms with Crippen molar-refractivity contribution in [1.82, 2.24) is 9.55 Å². The summed E-state index contributed by atoms with van der Waals surface area (Å²) in [5.74, 6) is -1.61. The summed E-state index contributed by atoms with van der Waals surface area (Å²) in [4.78, 5) is 15.3. The Morgan fingerprint density at radius 3 is 2.75 bits per heavy atom. The minimum absolute atomic E-state index is 0.207. The van der Waals surface area contributed by atoms with Crippen LogP contribution in [-0.2, 0) is 13.0 Å². The lowest BCUT2D eigenvalue weighted by Crippen LogP contribution is -2.07. The summed E-state index contributed by atoms with van der Waals surface area (Å²) in [6, 6.07) is 10.1. The Hall–Kier alpha value is -3.02.